The maximum absolute atomic E-state index is 14.4. The number of amides is 4. The minimum Gasteiger partial charge on any atom is -0.488 e. The van der Waals surface area contributed by atoms with E-state index in [2.05, 4.69) is 63.9 Å². The van der Waals surface area contributed by atoms with Crippen LogP contribution in [0.2, 0.25) is 0 Å². The molecule has 0 spiro atoms. The summed E-state index contributed by atoms with van der Waals surface area (Å²) in [5, 5.41) is 7.71. The van der Waals surface area contributed by atoms with Crippen molar-refractivity contribution in [2.24, 2.45) is 17.8 Å². The molecular formula is C50H60N8O8. The van der Waals surface area contributed by atoms with Crippen LogP contribution in [0.15, 0.2) is 48.7 Å². The van der Waals surface area contributed by atoms with Gasteiger partial charge in [0, 0.05) is 36.2 Å². The first-order valence-electron chi connectivity index (χ1n) is 23.7. The van der Waals surface area contributed by atoms with Crippen molar-refractivity contribution >= 4 is 45.8 Å². The van der Waals surface area contributed by atoms with E-state index in [0.717, 1.165) is 112 Å². The molecule has 16 nitrogen and oxygen atoms in total. The second kappa shape index (κ2) is 17.9. The molecule has 0 bridgehead atoms. The molecule has 6 heterocycles. The summed E-state index contributed by atoms with van der Waals surface area (Å²) in [7, 11) is 2.64. The highest BCUT2D eigenvalue weighted by Gasteiger charge is 2.50. The number of benzene rings is 3. The van der Waals surface area contributed by atoms with Crippen molar-refractivity contribution in [3.63, 3.8) is 0 Å². The van der Waals surface area contributed by atoms with Crippen LogP contribution < -0.4 is 15.4 Å². The molecule has 4 N–H and O–H groups in total. The smallest absolute Gasteiger partial charge is 0.407 e. The topological polar surface area (TPSA) is 193 Å². The summed E-state index contributed by atoms with van der Waals surface area (Å²) in [5.41, 5.74) is 6.67. The Morgan fingerprint density at radius 1 is 0.864 bits per heavy atom. The van der Waals surface area contributed by atoms with Crippen LogP contribution in [0.4, 0.5) is 9.59 Å². The number of nitrogens with one attached hydrogen (secondary N) is 4. The van der Waals surface area contributed by atoms with Crippen LogP contribution in [0, 0.1) is 17.8 Å². The number of carbonyl (C=O) groups excluding carboxylic acids is 4. The van der Waals surface area contributed by atoms with E-state index in [4.69, 9.17) is 28.9 Å². The monoisotopic (exact) mass is 900 g/mol. The number of hydrogen-bond acceptors (Lipinski definition) is 10. The van der Waals surface area contributed by atoms with Gasteiger partial charge in [0.15, 0.2) is 0 Å². The number of carbonyl (C=O) groups is 4. The lowest BCUT2D eigenvalue weighted by molar-refractivity contribution is -0.139. The van der Waals surface area contributed by atoms with Gasteiger partial charge in [-0.2, -0.15) is 0 Å². The van der Waals surface area contributed by atoms with Crippen LogP contribution in [0.3, 0.4) is 0 Å². The van der Waals surface area contributed by atoms with Crippen molar-refractivity contribution in [2.75, 3.05) is 27.4 Å². The van der Waals surface area contributed by atoms with Gasteiger partial charge in [-0.1, -0.05) is 44.9 Å². The zero-order valence-electron chi connectivity index (χ0n) is 38.4. The molecule has 8 atom stereocenters. The van der Waals surface area contributed by atoms with Gasteiger partial charge in [-0.15, -0.1) is 0 Å². The second-order valence-electron chi connectivity index (χ2n) is 19.0. The first-order valence-corrected chi connectivity index (χ1v) is 23.7. The molecule has 16 heteroatoms. The average molecular weight is 901 g/mol. The van der Waals surface area contributed by atoms with Crippen molar-refractivity contribution in [3.8, 4) is 28.1 Å². The molecule has 0 radical (unpaired) electrons. The number of nitrogens with zero attached hydrogens (tertiary/aromatic N) is 4. The molecule has 66 heavy (non-hydrogen) atoms. The first-order chi connectivity index (χ1) is 32.0. The van der Waals surface area contributed by atoms with Crippen LogP contribution in [0.5, 0.6) is 5.75 Å². The Hall–Kier alpha value is -6.16. The molecule has 4 amide bonds. The molecule has 1 aliphatic carbocycles. The van der Waals surface area contributed by atoms with Crippen molar-refractivity contribution < 1.29 is 38.1 Å². The number of H-pyrrole nitrogens is 2. The van der Waals surface area contributed by atoms with E-state index in [9.17, 15) is 19.2 Å². The second-order valence-corrected chi connectivity index (χ2v) is 19.0. The first kappa shape index (κ1) is 43.7. The fourth-order valence-corrected chi connectivity index (χ4v) is 11.6. The van der Waals surface area contributed by atoms with Gasteiger partial charge < -0.3 is 49.3 Å². The fraction of sp³-hybridized carbons (Fsp3) is 0.520. The van der Waals surface area contributed by atoms with Gasteiger partial charge in [-0.05, 0) is 116 Å². The summed E-state index contributed by atoms with van der Waals surface area (Å²) < 4.78 is 21.9. The summed E-state index contributed by atoms with van der Waals surface area (Å²) >= 11 is 0. The minimum absolute atomic E-state index is 0.0378. The van der Waals surface area contributed by atoms with Gasteiger partial charge in [0.05, 0.1) is 49.2 Å². The van der Waals surface area contributed by atoms with E-state index < -0.39 is 24.3 Å². The predicted octanol–water partition coefficient (Wildman–Crippen LogP) is 8.08. The number of rotatable bonds is 10. The van der Waals surface area contributed by atoms with E-state index in [-0.39, 0.29) is 47.8 Å². The van der Waals surface area contributed by atoms with E-state index in [1.54, 1.807) is 0 Å². The number of likely N-dealkylation sites (tertiary alicyclic amines) is 2. The SMILES string of the molecule is CC[C@H](C)C(NC(=O)OC)C(=O)N1[C@H](c2ncc(-c3ccc4c(c3)COc3cc5c(ccc6nc([C@@H]7CC[C@H](C)N7C(=O)[C@@H](NC(=O)OC)C7CCOCC7)[nH]c65)cc3-4)[nH]2)C[C@@H]2CCC[C@@H]21. The standard InChI is InChI=1S/C50H60N8O8/c1-6-26(2)42(55-49(61)63-4)47(59)58-38-9-7-8-31(38)22-40(58)45-51-24-37(53-45)30-11-13-33-32(20-30)25-66-41-23-34-29(21-35(33)41)12-14-36-44(34)54-46(52-36)39-15-10-27(3)57(39)48(60)43(56-50(62)64-5)28-16-18-65-19-17-28/h11-14,20-21,23-24,26-28,31,38-40,42-43H,6-10,15-19,22,25H2,1-5H3,(H,51,53)(H,52,54)(H,55,61)(H,56,62)/t26-,27-,31-,38-,39-,40-,42?,43-/m0/s1. The largest absolute Gasteiger partial charge is 0.488 e. The Labute approximate surface area is 383 Å². The lowest BCUT2D eigenvalue weighted by atomic mass is 9.90. The number of aromatic nitrogens is 4. The molecule has 5 aromatic rings. The van der Waals surface area contributed by atoms with Crippen LogP contribution in [-0.4, -0.2) is 105 Å². The van der Waals surface area contributed by atoms with Gasteiger partial charge in [0.2, 0.25) is 11.8 Å². The van der Waals surface area contributed by atoms with Gasteiger partial charge >= 0.3 is 12.2 Å². The highest BCUT2D eigenvalue weighted by molar-refractivity contribution is 6.07. The quantitative estimate of drug-likeness (QED) is 0.107. The zero-order chi connectivity index (χ0) is 45.8. The normalized spacial score (nSPS) is 24.0. The van der Waals surface area contributed by atoms with Crippen molar-refractivity contribution in [1.29, 1.82) is 0 Å². The summed E-state index contributed by atoms with van der Waals surface area (Å²) in [6.45, 7) is 7.55. The van der Waals surface area contributed by atoms with E-state index in [1.165, 1.54) is 14.2 Å². The Kier molecular flexibility index (Phi) is 11.9. The molecule has 2 aromatic heterocycles. The van der Waals surface area contributed by atoms with Crippen molar-refractivity contribution in [3.05, 3.63) is 65.9 Å². The number of alkyl carbamates (subject to hydrolysis) is 2. The Bertz CT molecular complexity index is 2670. The molecule has 3 aromatic carbocycles. The van der Waals surface area contributed by atoms with Gasteiger partial charge in [0.1, 0.15) is 36.1 Å². The molecule has 4 aliphatic heterocycles. The van der Waals surface area contributed by atoms with Crippen LogP contribution in [0.25, 0.3) is 44.2 Å². The molecule has 5 aliphatic rings. The lowest BCUT2D eigenvalue weighted by Gasteiger charge is -2.36. The van der Waals surface area contributed by atoms with Crippen molar-refractivity contribution in [1.82, 2.24) is 40.4 Å². The lowest BCUT2D eigenvalue weighted by Crippen LogP contribution is -2.54. The summed E-state index contributed by atoms with van der Waals surface area (Å²) in [6, 6.07) is 12.9. The van der Waals surface area contributed by atoms with E-state index in [1.807, 2.05) is 35.9 Å². The summed E-state index contributed by atoms with van der Waals surface area (Å²) in [4.78, 5) is 74.7. The fourth-order valence-electron chi connectivity index (χ4n) is 11.6. The highest BCUT2D eigenvalue weighted by atomic mass is 16.5. The third-order valence-corrected chi connectivity index (χ3v) is 15.3. The molecule has 10 rings (SSSR count). The molecule has 1 saturated carbocycles. The van der Waals surface area contributed by atoms with Gasteiger partial charge in [-0.3, -0.25) is 9.59 Å². The molecule has 348 valence electrons. The van der Waals surface area contributed by atoms with Crippen LogP contribution in [0.1, 0.15) is 108 Å². The van der Waals surface area contributed by atoms with Gasteiger partial charge in [0.25, 0.3) is 0 Å². The summed E-state index contributed by atoms with van der Waals surface area (Å²) in [6.07, 6.45) is 8.21. The van der Waals surface area contributed by atoms with Crippen molar-refractivity contribution in [2.45, 2.75) is 121 Å². The number of imidazole rings is 2. The maximum Gasteiger partial charge on any atom is 0.407 e. The maximum atomic E-state index is 14.4. The number of aromatic amines is 2. The Morgan fingerprint density at radius 3 is 2.45 bits per heavy atom. The third kappa shape index (κ3) is 7.79. The number of hydrogen-bond donors (Lipinski definition) is 4. The molecule has 1 unspecified atom stereocenters. The minimum atomic E-state index is -0.722. The molecule has 4 fully saturated rings. The van der Waals surface area contributed by atoms with E-state index in [0.29, 0.717) is 38.6 Å². The zero-order valence-corrected chi connectivity index (χ0v) is 38.4. The highest BCUT2D eigenvalue weighted by Crippen LogP contribution is 2.48. The van der Waals surface area contributed by atoms with Crippen LogP contribution in [-0.2, 0) is 30.4 Å². The van der Waals surface area contributed by atoms with E-state index >= 15 is 0 Å². The predicted molar refractivity (Wildman–Crippen MR) is 246 cm³/mol. The van der Waals surface area contributed by atoms with Gasteiger partial charge in [-0.25, -0.2) is 19.6 Å². The summed E-state index contributed by atoms with van der Waals surface area (Å²) in [5.74, 6) is 2.32. The number of fused-ring (bicyclic) bond motifs is 7. The average Bonchev–Trinajstić information content (AvgIpc) is 4.20. The van der Waals surface area contributed by atoms with Crippen LogP contribution >= 0.6 is 0 Å². The Balaban J connectivity index is 0.906. The molecular weight excluding hydrogens is 841 g/mol. The Morgan fingerprint density at radius 2 is 1.67 bits per heavy atom. The molecule has 3 saturated heterocycles. The third-order valence-electron chi connectivity index (χ3n) is 15.3. The number of ether oxygens (including phenoxy) is 4. The number of methoxy groups -OCH3 is 2.